The molecule has 40 heavy (non-hydrogen) atoms. The number of aromatic nitrogens is 1. The van der Waals surface area contributed by atoms with Crippen molar-refractivity contribution >= 4 is 39.9 Å². The van der Waals surface area contributed by atoms with Crippen LogP contribution in [0.25, 0.3) is 17.0 Å². The van der Waals surface area contributed by atoms with Gasteiger partial charge in [-0.25, -0.2) is 9.99 Å². The molecule has 3 aliphatic rings. The van der Waals surface area contributed by atoms with Crippen LogP contribution in [0.4, 0.5) is 17.2 Å². The van der Waals surface area contributed by atoms with Gasteiger partial charge in [-0.1, -0.05) is 55.5 Å². The Bertz CT molecular complexity index is 1530. The SMILES string of the molecule is CC1C(C=Cc2ccc(N3CCCC3)cc2)=NN(c2ccc3ccccc3n2)C1c1ccc(N2CCCC2)cc1. The van der Waals surface area contributed by atoms with Crippen molar-refractivity contribution in [2.45, 2.75) is 38.6 Å². The van der Waals surface area contributed by atoms with E-state index in [1.807, 2.05) is 6.07 Å². The lowest BCUT2D eigenvalue weighted by atomic mass is 9.91. The van der Waals surface area contributed by atoms with E-state index in [0.717, 1.165) is 35.5 Å². The number of hydrogen-bond donors (Lipinski definition) is 0. The third kappa shape index (κ3) is 4.85. The Morgan fingerprint density at radius 1 is 0.675 bits per heavy atom. The molecule has 0 N–H and O–H groups in total. The number of hydrogen-bond acceptors (Lipinski definition) is 5. The summed E-state index contributed by atoms with van der Waals surface area (Å²) in [5, 5.41) is 8.46. The molecule has 0 saturated carbocycles. The van der Waals surface area contributed by atoms with Crippen molar-refractivity contribution in [3.05, 3.63) is 102 Å². The summed E-state index contributed by atoms with van der Waals surface area (Å²) in [6.45, 7) is 6.94. The number of anilines is 3. The van der Waals surface area contributed by atoms with E-state index >= 15 is 0 Å². The van der Waals surface area contributed by atoms with Crippen molar-refractivity contribution in [2.24, 2.45) is 11.0 Å². The number of nitrogens with zero attached hydrogens (tertiary/aromatic N) is 5. The Balaban J connectivity index is 1.19. The molecule has 3 aliphatic heterocycles. The molecule has 0 amide bonds. The average molecular weight is 528 g/mol. The number of hydrazone groups is 1. The third-order valence-electron chi connectivity index (χ3n) is 8.76. The lowest BCUT2D eigenvalue weighted by molar-refractivity contribution is 0.585. The molecule has 5 heteroatoms. The lowest BCUT2D eigenvalue weighted by Gasteiger charge is -2.27. The van der Waals surface area contributed by atoms with Gasteiger partial charge in [0, 0.05) is 48.9 Å². The maximum Gasteiger partial charge on any atom is 0.150 e. The maximum atomic E-state index is 5.18. The zero-order chi connectivity index (χ0) is 26.9. The fourth-order valence-corrected chi connectivity index (χ4v) is 6.45. The van der Waals surface area contributed by atoms with Crippen molar-refractivity contribution < 1.29 is 0 Å². The standard InChI is InChI=1S/C35H37N5/c1-26-32(20-12-27-10-16-30(17-11-27)38-22-4-5-23-38)37-40(34-21-15-28-8-2-3-9-33(28)36-34)35(26)29-13-18-31(19-14-29)39-24-6-7-25-39/h2-3,8-21,26,35H,4-7,22-25H2,1H3. The maximum absolute atomic E-state index is 5.18. The summed E-state index contributed by atoms with van der Waals surface area (Å²) >= 11 is 0. The molecule has 2 fully saturated rings. The summed E-state index contributed by atoms with van der Waals surface area (Å²) in [6.07, 6.45) is 9.56. The van der Waals surface area contributed by atoms with Crippen LogP contribution in [-0.2, 0) is 0 Å². The molecule has 4 heterocycles. The van der Waals surface area contributed by atoms with Gasteiger partial charge in [0.05, 0.1) is 17.3 Å². The number of para-hydroxylation sites is 1. The van der Waals surface area contributed by atoms with Gasteiger partial charge in [-0.2, -0.15) is 5.10 Å². The van der Waals surface area contributed by atoms with Gasteiger partial charge in [0.1, 0.15) is 5.82 Å². The minimum atomic E-state index is 0.0819. The Labute approximate surface area is 237 Å². The smallest absolute Gasteiger partial charge is 0.150 e. The molecule has 2 saturated heterocycles. The second-order valence-electron chi connectivity index (χ2n) is 11.4. The van der Waals surface area contributed by atoms with Gasteiger partial charge in [0.15, 0.2) is 0 Å². The van der Waals surface area contributed by atoms with E-state index < -0.39 is 0 Å². The van der Waals surface area contributed by atoms with E-state index in [-0.39, 0.29) is 12.0 Å². The summed E-state index contributed by atoms with van der Waals surface area (Å²) in [5.74, 6) is 1.10. The quantitative estimate of drug-likeness (QED) is 0.257. The van der Waals surface area contributed by atoms with Crippen LogP contribution in [0.1, 0.15) is 49.8 Å². The average Bonchev–Trinajstić information content (AvgIpc) is 3.79. The highest BCUT2D eigenvalue weighted by Crippen LogP contribution is 2.40. The van der Waals surface area contributed by atoms with E-state index in [2.05, 4.69) is 113 Å². The van der Waals surface area contributed by atoms with E-state index in [0.29, 0.717) is 0 Å². The molecule has 1 aromatic heterocycles. The fourth-order valence-electron chi connectivity index (χ4n) is 6.45. The molecule has 4 aromatic rings. The van der Waals surface area contributed by atoms with Crippen molar-refractivity contribution in [1.29, 1.82) is 0 Å². The van der Waals surface area contributed by atoms with E-state index in [9.17, 15) is 0 Å². The minimum absolute atomic E-state index is 0.0819. The molecule has 2 atom stereocenters. The second kappa shape index (κ2) is 10.8. The highest BCUT2D eigenvalue weighted by molar-refractivity contribution is 6.02. The number of fused-ring (bicyclic) bond motifs is 1. The van der Waals surface area contributed by atoms with Crippen LogP contribution in [0.15, 0.2) is 96.1 Å². The highest BCUT2D eigenvalue weighted by Gasteiger charge is 2.36. The molecule has 0 radical (unpaired) electrons. The topological polar surface area (TPSA) is 35.0 Å². The molecular formula is C35H37N5. The summed E-state index contributed by atoms with van der Waals surface area (Å²) in [7, 11) is 0. The molecule has 3 aromatic carbocycles. The largest absolute Gasteiger partial charge is 0.372 e. The van der Waals surface area contributed by atoms with E-state index in [1.54, 1.807) is 0 Å². The van der Waals surface area contributed by atoms with Crippen LogP contribution in [0.3, 0.4) is 0 Å². The van der Waals surface area contributed by atoms with Crippen LogP contribution in [0, 0.1) is 5.92 Å². The van der Waals surface area contributed by atoms with Gasteiger partial charge in [-0.05, 0) is 85.4 Å². The molecular weight excluding hydrogens is 490 g/mol. The van der Waals surface area contributed by atoms with Crippen LogP contribution < -0.4 is 14.8 Å². The molecule has 202 valence electrons. The predicted molar refractivity (Wildman–Crippen MR) is 168 cm³/mol. The number of benzene rings is 3. The minimum Gasteiger partial charge on any atom is -0.372 e. The first-order valence-corrected chi connectivity index (χ1v) is 14.8. The van der Waals surface area contributed by atoms with Crippen LogP contribution in [0.5, 0.6) is 0 Å². The molecule has 0 spiro atoms. The van der Waals surface area contributed by atoms with Crippen LogP contribution >= 0.6 is 0 Å². The first kappa shape index (κ1) is 24.9. The van der Waals surface area contributed by atoms with E-state index in [1.165, 1.54) is 61.3 Å². The normalized spacial score (nSPS) is 21.2. The zero-order valence-electron chi connectivity index (χ0n) is 23.3. The molecule has 5 nitrogen and oxygen atoms in total. The van der Waals surface area contributed by atoms with E-state index in [4.69, 9.17) is 10.1 Å². The second-order valence-corrected chi connectivity index (χ2v) is 11.4. The molecule has 0 bridgehead atoms. The van der Waals surface area contributed by atoms with Crippen molar-refractivity contribution in [3.63, 3.8) is 0 Å². The van der Waals surface area contributed by atoms with Gasteiger partial charge >= 0.3 is 0 Å². The molecule has 7 rings (SSSR count). The Morgan fingerprint density at radius 3 is 1.98 bits per heavy atom. The van der Waals surface area contributed by atoms with Crippen molar-refractivity contribution in [1.82, 2.24) is 4.98 Å². The molecule has 0 aliphatic carbocycles. The first-order chi connectivity index (χ1) is 19.7. The number of pyridine rings is 1. The summed E-state index contributed by atoms with van der Waals surface area (Å²) in [5.41, 5.74) is 7.19. The lowest BCUT2D eigenvalue weighted by Crippen LogP contribution is -2.24. The Kier molecular flexibility index (Phi) is 6.72. The van der Waals surface area contributed by atoms with Gasteiger partial charge < -0.3 is 9.80 Å². The van der Waals surface area contributed by atoms with Crippen molar-refractivity contribution in [2.75, 3.05) is 41.0 Å². The van der Waals surface area contributed by atoms with Gasteiger partial charge in [-0.3, -0.25) is 0 Å². The number of rotatable bonds is 6. The molecule has 2 unspecified atom stereocenters. The third-order valence-corrected chi connectivity index (χ3v) is 8.76. The van der Waals surface area contributed by atoms with Crippen LogP contribution in [0.2, 0.25) is 0 Å². The summed E-state index contributed by atoms with van der Waals surface area (Å²) in [4.78, 5) is 10.00. The summed E-state index contributed by atoms with van der Waals surface area (Å²) in [6, 6.07) is 30.7. The zero-order valence-corrected chi connectivity index (χ0v) is 23.3. The fraction of sp³-hybridized carbons (Fsp3) is 0.314. The van der Waals surface area contributed by atoms with Crippen LogP contribution in [-0.4, -0.2) is 36.9 Å². The Morgan fingerprint density at radius 2 is 1.30 bits per heavy atom. The van der Waals surface area contributed by atoms with Crippen molar-refractivity contribution in [3.8, 4) is 0 Å². The van der Waals surface area contributed by atoms with Gasteiger partial charge in [0.25, 0.3) is 0 Å². The number of allylic oxidation sites excluding steroid dienone is 1. The Hall–Kier alpha value is -4.12. The highest BCUT2D eigenvalue weighted by atomic mass is 15.5. The first-order valence-electron chi connectivity index (χ1n) is 14.8. The monoisotopic (exact) mass is 527 g/mol. The predicted octanol–water partition coefficient (Wildman–Crippen LogP) is 7.70. The summed E-state index contributed by atoms with van der Waals surface area (Å²) < 4.78 is 0. The van der Waals surface area contributed by atoms with Gasteiger partial charge in [-0.15, -0.1) is 0 Å². The van der Waals surface area contributed by atoms with Gasteiger partial charge in [0.2, 0.25) is 0 Å².